The van der Waals surface area contributed by atoms with Crippen LogP contribution in [0.3, 0.4) is 0 Å². The van der Waals surface area contributed by atoms with Crippen LogP contribution in [0.5, 0.6) is 0 Å². The van der Waals surface area contributed by atoms with Gasteiger partial charge in [-0.05, 0) is 57.2 Å². The molecule has 2 N–H and O–H groups in total. The Bertz CT molecular complexity index is 938. The monoisotopic (exact) mass is 466 g/mol. The zero-order valence-corrected chi connectivity index (χ0v) is 20.1. The summed E-state index contributed by atoms with van der Waals surface area (Å²) in [5.41, 5.74) is -0.305. The van der Waals surface area contributed by atoms with E-state index in [-0.39, 0.29) is 23.9 Å². The number of benzene rings is 2. The van der Waals surface area contributed by atoms with Crippen LogP contribution >= 0.6 is 11.8 Å². The summed E-state index contributed by atoms with van der Waals surface area (Å²) in [5, 5.41) is 5.01. The fourth-order valence-corrected chi connectivity index (χ4v) is 3.84. The Morgan fingerprint density at radius 1 is 0.968 bits per heavy atom. The van der Waals surface area contributed by atoms with Gasteiger partial charge in [0, 0.05) is 15.3 Å². The van der Waals surface area contributed by atoms with Gasteiger partial charge in [0.15, 0.2) is 9.84 Å². The standard InChI is InChI=1S/C14H14O2S2.C8H16N2O3/c1-2-18(15,16)14-10-8-13(9-11-14)17-12-6-4-3-5-7-12;1-8(2,3)10-7(12)9-5-6(11)13-4/h3-11H,2H2,1H3;5H2,1-4H3,(H2,9,10,12). The highest BCUT2D eigenvalue weighted by molar-refractivity contribution is 7.99. The van der Waals surface area contributed by atoms with Crippen LogP contribution in [0.2, 0.25) is 0 Å². The normalized spacial score (nSPS) is 11.0. The van der Waals surface area contributed by atoms with Gasteiger partial charge in [-0.3, -0.25) is 4.79 Å². The van der Waals surface area contributed by atoms with Crippen molar-refractivity contribution < 1.29 is 22.7 Å². The van der Waals surface area contributed by atoms with E-state index in [0.29, 0.717) is 4.90 Å². The molecular weight excluding hydrogens is 436 g/mol. The van der Waals surface area contributed by atoms with Crippen LogP contribution in [-0.2, 0) is 19.4 Å². The average Bonchev–Trinajstić information content (AvgIpc) is 2.72. The minimum atomic E-state index is -3.10. The van der Waals surface area contributed by atoms with E-state index in [4.69, 9.17) is 0 Å². The highest BCUT2D eigenvalue weighted by atomic mass is 32.2. The van der Waals surface area contributed by atoms with Crippen molar-refractivity contribution in [2.24, 2.45) is 0 Å². The molecule has 0 aromatic heterocycles. The van der Waals surface area contributed by atoms with E-state index in [0.717, 1.165) is 9.79 Å². The Hall–Kier alpha value is -2.52. The predicted octanol–water partition coefficient (Wildman–Crippen LogP) is 3.89. The second kappa shape index (κ2) is 12.4. The number of sulfone groups is 1. The van der Waals surface area contributed by atoms with E-state index in [9.17, 15) is 18.0 Å². The lowest BCUT2D eigenvalue weighted by atomic mass is 10.1. The minimum absolute atomic E-state index is 0.113. The van der Waals surface area contributed by atoms with E-state index >= 15 is 0 Å². The van der Waals surface area contributed by atoms with Gasteiger partial charge < -0.3 is 15.4 Å². The molecule has 2 aromatic rings. The first-order valence-electron chi connectivity index (χ1n) is 9.65. The molecule has 2 rings (SSSR count). The molecule has 2 aromatic carbocycles. The van der Waals surface area contributed by atoms with Gasteiger partial charge >= 0.3 is 12.0 Å². The van der Waals surface area contributed by atoms with Crippen LogP contribution in [-0.4, -0.2) is 45.4 Å². The number of urea groups is 1. The minimum Gasteiger partial charge on any atom is -0.468 e. The van der Waals surface area contributed by atoms with Crippen molar-refractivity contribution in [2.75, 3.05) is 19.4 Å². The predicted molar refractivity (Wildman–Crippen MR) is 123 cm³/mol. The van der Waals surface area contributed by atoms with Gasteiger partial charge in [0.2, 0.25) is 0 Å². The maximum atomic E-state index is 11.7. The molecule has 0 aliphatic heterocycles. The van der Waals surface area contributed by atoms with Crippen LogP contribution in [0.1, 0.15) is 27.7 Å². The van der Waals surface area contributed by atoms with Crippen molar-refractivity contribution in [3.63, 3.8) is 0 Å². The highest BCUT2D eigenvalue weighted by Gasteiger charge is 2.14. The quantitative estimate of drug-likeness (QED) is 0.627. The van der Waals surface area contributed by atoms with E-state index in [2.05, 4.69) is 15.4 Å². The lowest BCUT2D eigenvalue weighted by Crippen LogP contribution is -2.47. The molecule has 7 nitrogen and oxygen atoms in total. The molecule has 0 unspecified atom stereocenters. The van der Waals surface area contributed by atoms with Gasteiger partial charge in [-0.15, -0.1) is 0 Å². The maximum absolute atomic E-state index is 11.7. The molecule has 2 amide bonds. The zero-order valence-electron chi connectivity index (χ0n) is 18.5. The molecule has 0 bridgehead atoms. The first kappa shape index (κ1) is 26.5. The van der Waals surface area contributed by atoms with Crippen LogP contribution in [0, 0.1) is 0 Å². The van der Waals surface area contributed by atoms with Gasteiger partial charge in [0.05, 0.1) is 17.8 Å². The number of hydrogen-bond acceptors (Lipinski definition) is 6. The summed E-state index contributed by atoms with van der Waals surface area (Å²) in [7, 11) is -1.83. The Kier molecular flexibility index (Phi) is 10.6. The number of methoxy groups -OCH3 is 1. The molecule has 0 radical (unpaired) electrons. The number of ether oxygens (including phenoxy) is 1. The van der Waals surface area contributed by atoms with E-state index in [1.54, 1.807) is 30.8 Å². The summed E-state index contributed by atoms with van der Waals surface area (Å²) in [5.74, 6) is -0.331. The summed E-state index contributed by atoms with van der Waals surface area (Å²) in [4.78, 5) is 24.2. The van der Waals surface area contributed by atoms with Crippen molar-refractivity contribution in [1.29, 1.82) is 0 Å². The third-order valence-electron chi connectivity index (χ3n) is 3.65. The summed E-state index contributed by atoms with van der Waals surface area (Å²) >= 11 is 1.62. The molecule has 170 valence electrons. The Morgan fingerprint density at radius 3 is 2.00 bits per heavy atom. The first-order chi connectivity index (χ1) is 14.5. The second-order valence-corrected chi connectivity index (χ2v) is 10.8. The second-order valence-electron chi connectivity index (χ2n) is 7.42. The van der Waals surface area contributed by atoms with Gasteiger partial charge in [-0.25, -0.2) is 13.2 Å². The molecule has 0 heterocycles. The maximum Gasteiger partial charge on any atom is 0.325 e. The molecule has 0 saturated carbocycles. The third kappa shape index (κ3) is 10.9. The molecule has 0 aliphatic carbocycles. The number of amides is 2. The number of carbonyl (C=O) groups is 2. The summed E-state index contributed by atoms with van der Waals surface area (Å²) in [6, 6.07) is 16.7. The summed E-state index contributed by atoms with van der Waals surface area (Å²) in [6.45, 7) is 7.10. The van der Waals surface area contributed by atoms with Gasteiger partial charge in [-0.1, -0.05) is 36.9 Å². The fraction of sp³-hybridized carbons (Fsp3) is 0.364. The smallest absolute Gasteiger partial charge is 0.325 e. The molecule has 0 fully saturated rings. The number of nitrogens with one attached hydrogen (secondary N) is 2. The van der Waals surface area contributed by atoms with Crippen molar-refractivity contribution in [2.45, 2.75) is 47.9 Å². The third-order valence-corrected chi connectivity index (χ3v) is 6.42. The number of hydrogen-bond donors (Lipinski definition) is 2. The average molecular weight is 467 g/mol. The SMILES string of the molecule is CCS(=O)(=O)c1ccc(Sc2ccccc2)cc1.COC(=O)CNC(=O)NC(C)(C)C. The fourth-order valence-electron chi connectivity index (χ4n) is 2.12. The lowest BCUT2D eigenvalue weighted by Gasteiger charge is -2.20. The molecule has 0 saturated heterocycles. The number of carbonyl (C=O) groups excluding carboxylic acids is 2. The van der Waals surface area contributed by atoms with E-state index < -0.39 is 15.8 Å². The van der Waals surface area contributed by atoms with Crippen LogP contribution < -0.4 is 10.6 Å². The zero-order chi connectivity index (χ0) is 23.5. The molecule has 0 spiro atoms. The van der Waals surface area contributed by atoms with Crippen molar-refractivity contribution >= 4 is 33.6 Å². The van der Waals surface area contributed by atoms with Crippen molar-refractivity contribution in [3.8, 4) is 0 Å². The molecule has 9 heteroatoms. The van der Waals surface area contributed by atoms with Gasteiger partial charge in [-0.2, -0.15) is 0 Å². The summed E-state index contributed by atoms with van der Waals surface area (Å²) in [6.07, 6.45) is 0. The first-order valence-corrected chi connectivity index (χ1v) is 12.1. The largest absolute Gasteiger partial charge is 0.468 e. The summed E-state index contributed by atoms with van der Waals surface area (Å²) < 4.78 is 27.7. The van der Waals surface area contributed by atoms with Crippen molar-refractivity contribution in [1.82, 2.24) is 10.6 Å². The van der Waals surface area contributed by atoms with Gasteiger partial charge in [0.25, 0.3) is 0 Å². The molecule has 0 atom stereocenters. The lowest BCUT2D eigenvalue weighted by molar-refractivity contribution is -0.139. The van der Waals surface area contributed by atoms with Crippen LogP contribution in [0.25, 0.3) is 0 Å². The molecule has 0 aliphatic rings. The topological polar surface area (TPSA) is 102 Å². The Morgan fingerprint density at radius 2 is 1.52 bits per heavy atom. The number of esters is 1. The Balaban J connectivity index is 0.000000330. The highest BCUT2D eigenvalue weighted by Crippen LogP contribution is 2.28. The Labute approximate surface area is 188 Å². The molecular formula is C22H30N2O5S2. The number of rotatable bonds is 6. The molecule has 31 heavy (non-hydrogen) atoms. The van der Waals surface area contributed by atoms with E-state index in [1.807, 2.05) is 63.2 Å². The van der Waals surface area contributed by atoms with E-state index in [1.165, 1.54) is 7.11 Å². The van der Waals surface area contributed by atoms with Crippen molar-refractivity contribution in [3.05, 3.63) is 54.6 Å². The van der Waals surface area contributed by atoms with Gasteiger partial charge in [0.1, 0.15) is 6.54 Å². The van der Waals surface area contributed by atoms with Crippen LogP contribution in [0.4, 0.5) is 4.79 Å². The van der Waals surface area contributed by atoms with Crippen LogP contribution in [0.15, 0.2) is 69.3 Å².